The first kappa shape index (κ1) is 19.3. The number of rotatable bonds is 7. The Balaban J connectivity index is 2.71. The number of fused-ring (bicyclic) bond motifs is 1. The summed E-state index contributed by atoms with van der Waals surface area (Å²) in [5.74, 6) is 0.567. The molecule has 0 fully saturated rings. The molecule has 0 bridgehead atoms. The van der Waals surface area contributed by atoms with Crippen LogP contribution in [-0.4, -0.2) is 38.4 Å². The topological polar surface area (TPSA) is 96.8 Å². The number of benzene rings is 1. The van der Waals surface area contributed by atoms with E-state index in [0.717, 1.165) is 22.3 Å². The van der Waals surface area contributed by atoms with E-state index in [4.69, 9.17) is 25.7 Å². The number of amides is 1. The van der Waals surface area contributed by atoms with Gasteiger partial charge in [0.2, 0.25) is 0 Å². The third-order valence-electron chi connectivity index (χ3n) is 4.75. The molecule has 0 atom stereocenters. The smallest absolute Gasteiger partial charge is 0.252 e. The lowest BCUT2D eigenvalue weighted by Gasteiger charge is -2.36. The van der Waals surface area contributed by atoms with E-state index in [1.807, 2.05) is 27.7 Å². The van der Waals surface area contributed by atoms with Gasteiger partial charge in [-0.15, -0.1) is 0 Å². The fourth-order valence-corrected chi connectivity index (χ4v) is 3.18. The summed E-state index contributed by atoms with van der Waals surface area (Å²) < 4.78 is 17.0. The van der Waals surface area contributed by atoms with Gasteiger partial charge in [-0.1, -0.05) is 0 Å². The van der Waals surface area contributed by atoms with E-state index in [1.54, 1.807) is 13.2 Å². The second-order valence-electron chi connectivity index (χ2n) is 6.71. The lowest BCUT2D eigenvalue weighted by Crippen LogP contribution is -2.34. The van der Waals surface area contributed by atoms with Gasteiger partial charge in [-0.3, -0.25) is 4.79 Å². The van der Waals surface area contributed by atoms with Crippen LogP contribution >= 0.6 is 0 Å². The number of nitrogens with two attached hydrogens (primary N) is 2. The van der Waals surface area contributed by atoms with Crippen molar-refractivity contribution < 1.29 is 19.0 Å². The number of ether oxygens (including phenoxy) is 3. The molecule has 6 nitrogen and oxygen atoms in total. The van der Waals surface area contributed by atoms with Crippen LogP contribution in [-0.2, 0) is 11.2 Å². The van der Waals surface area contributed by atoms with Crippen LogP contribution in [0.5, 0.6) is 11.5 Å². The van der Waals surface area contributed by atoms with Gasteiger partial charge in [0.25, 0.3) is 5.91 Å². The van der Waals surface area contributed by atoms with Gasteiger partial charge in [-0.25, -0.2) is 0 Å². The normalized spacial score (nSPS) is 15.6. The number of hydrogen-bond donors (Lipinski definition) is 2. The molecule has 0 unspecified atom stereocenters. The van der Waals surface area contributed by atoms with Crippen LogP contribution in [0.15, 0.2) is 11.6 Å². The van der Waals surface area contributed by atoms with Crippen LogP contribution < -0.4 is 20.9 Å². The van der Waals surface area contributed by atoms with Crippen molar-refractivity contribution in [1.82, 2.24) is 0 Å². The maximum absolute atomic E-state index is 12.2. The largest absolute Gasteiger partial charge is 0.490 e. The molecule has 0 saturated heterocycles. The summed E-state index contributed by atoms with van der Waals surface area (Å²) in [5.41, 5.74) is 15.3. The van der Waals surface area contributed by atoms with Crippen molar-refractivity contribution in [2.45, 2.75) is 39.7 Å². The predicted molar refractivity (Wildman–Crippen MR) is 98.1 cm³/mol. The summed E-state index contributed by atoms with van der Waals surface area (Å²) in [6, 6.07) is 1.75. The van der Waals surface area contributed by atoms with Gasteiger partial charge in [-0.2, -0.15) is 0 Å². The molecule has 1 aliphatic heterocycles. The number of allylic oxidation sites excluding steroid dienone is 1. The third-order valence-corrected chi connectivity index (χ3v) is 4.75. The average Bonchev–Trinajstić information content (AvgIpc) is 2.52. The van der Waals surface area contributed by atoms with Gasteiger partial charge >= 0.3 is 0 Å². The van der Waals surface area contributed by atoms with Crippen LogP contribution in [0, 0.1) is 0 Å². The summed E-state index contributed by atoms with van der Waals surface area (Å²) in [7, 11) is 1.59. The highest BCUT2D eigenvalue weighted by Crippen LogP contribution is 2.45. The standard InChI is InChI=1S/C19H28N2O4/c1-11-12(2)19(3,4)25-15-10-14(24-9-8-23-5)17(18(21)22)13(6-7-20)16(11)15/h10H,6-9,20H2,1-5H3,(H2,21,22). The van der Waals surface area contributed by atoms with Crippen LogP contribution in [0.4, 0.5) is 0 Å². The van der Waals surface area contributed by atoms with Crippen molar-refractivity contribution in [2.24, 2.45) is 11.5 Å². The minimum absolute atomic E-state index is 0.314. The van der Waals surface area contributed by atoms with E-state index in [9.17, 15) is 4.79 Å². The fraction of sp³-hybridized carbons (Fsp3) is 0.526. The third kappa shape index (κ3) is 3.65. The van der Waals surface area contributed by atoms with Crippen molar-refractivity contribution in [2.75, 3.05) is 26.9 Å². The maximum atomic E-state index is 12.2. The lowest BCUT2D eigenvalue weighted by molar-refractivity contribution is 0.0990. The van der Waals surface area contributed by atoms with Gasteiger partial charge in [0.05, 0.1) is 12.2 Å². The Hall–Kier alpha value is -2.05. The van der Waals surface area contributed by atoms with Crippen molar-refractivity contribution >= 4 is 11.5 Å². The van der Waals surface area contributed by atoms with Crippen LogP contribution in [0.25, 0.3) is 5.57 Å². The number of carbonyl (C=O) groups excluding carboxylic acids is 1. The first-order valence-electron chi connectivity index (χ1n) is 8.43. The Morgan fingerprint density at radius 2 is 1.96 bits per heavy atom. The molecule has 0 radical (unpaired) electrons. The molecule has 0 spiro atoms. The van der Waals surface area contributed by atoms with E-state index in [0.29, 0.717) is 43.2 Å². The minimum Gasteiger partial charge on any atom is -0.490 e. The quantitative estimate of drug-likeness (QED) is 0.737. The summed E-state index contributed by atoms with van der Waals surface area (Å²) in [6.07, 6.45) is 0.510. The maximum Gasteiger partial charge on any atom is 0.252 e. The Morgan fingerprint density at radius 3 is 2.52 bits per heavy atom. The Bertz CT molecular complexity index is 708. The molecule has 1 aliphatic rings. The molecule has 6 heteroatoms. The highest BCUT2D eigenvalue weighted by molar-refractivity contribution is 6.00. The van der Waals surface area contributed by atoms with Gasteiger partial charge in [0, 0.05) is 18.7 Å². The van der Waals surface area contributed by atoms with E-state index in [-0.39, 0.29) is 0 Å². The Labute approximate surface area is 149 Å². The van der Waals surface area contributed by atoms with Crippen LogP contribution in [0.1, 0.15) is 49.2 Å². The van der Waals surface area contributed by atoms with Gasteiger partial charge < -0.3 is 25.7 Å². The molecule has 1 heterocycles. The molecule has 1 aromatic rings. The Kier molecular flexibility index (Phi) is 5.75. The summed E-state index contributed by atoms with van der Waals surface area (Å²) in [4.78, 5) is 12.2. The molecular formula is C19H28N2O4. The highest BCUT2D eigenvalue weighted by Gasteiger charge is 2.34. The van der Waals surface area contributed by atoms with E-state index < -0.39 is 11.5 Å². The predicted octanol–water partition coefficient (Wildman–Crippen LogP) is 2.28. The number of methoxy groups -OCH3 is 1. The van der Waals surface area contributed by atoms with Crippen LogP contribution in [0.2, 0.25) is 0 Å². The number of hydrogen-bond acceptors (Lipinski definition) is 5. The zero-order valence-electron chi connectivity index (χ0n) is 15.7. The van der Waals surface area contributed by atoms with Crippen molar-refractivity contribution in [1.29, 1.82) is 0 Å². The van der Waals surface area contributed by atoms with E-state index in [2.05, 4.69) is 0 Å². The summed E-state index contributed by atoms with van der Waals surface area (Å²) in [5, 5.41) is 0. The highest BCUT2D eigenvalue weighted by atomic mass is 16.5. The molecule has 4 N–H and O–H groups in total. The van der Waals surface area contributed by atoms with Crippen LogP contribution in [0.3, 0.4) is 0 Å². The minimum atomic E-state index is -0.533. The number of carbonyl (C=O) groups is 1. The zero-order chi connectivity index (χ0) is 18.8. The molecule has 0 saturated carbocycles. The molecule has 1 amide bonds. The summed E-state index contributed by atoms with van der Waals surface area (Å²) >= 11 is 0. The average molecular weight is 348 g/mol. The Morgan fingerprint density at radius 1 is 1.28 bits per heavy atom. The number of primary amides is 1. The van der Waals surface area contributed by atoms with Crippen molar-refractivity contribution in [3.8, 4) is 11.5 Å². The molecule has 25 heavy (non-hydrogen) atoms. The summed E-state index contributed by atoms with van der Waals surface area (Å²) in [6.45, 7) is 9.23. The van der Waals surface area contributed by atoms with Crippen molar-refractivity contribution in [3.63, 3.8) is 0 Å². The second-order valence-corrected chi connectivity index (χ2v) is 6.71. The van der Waals surface area contributed by atoms with Gasteiger partial charge in [0.1, 0.15) is 23.7 Å². The first-order valence-corrected chi connectivity index (χ1v) is 8.43. The zero-order valence-corrected chi connectivity index (χ0v) is 15.7. The molecule has 0 aliphatic carbocycles. The molecule has 138 valence electrons. The second kappa shape index (κ2) is 7.45. The molecule has 0 aromatic heterocycles. The van der Waals surface area contributed by atoms with Gasteiger partial charge in [0.15, 0.2) is 0 Å². The van der Waals surface area contributed by atoms with Gasteiger partial charge in [-0.05, 0) is 57.4 Å². The molecule has 2 rings (SSSR count). The monoisotopic (exact) mass is 348 g/mol. The lowest BCUT2D eigenvalue weighted by atomic mass is 9.83. The molecular weight excluding hydrogens is 320 g/mol. The first-order chi connectivity index (χ1) is 11.7. The van der Waals surface area contributed by atoms with E-state index in [1.165, 1.54) is 0 Å². The fourth-order valence-electron chi connectivity index (χ4n) is 3.18. The molecule has 1 aromatic carbocycles. The van der Waals surface area contributed by atoms with E-state index >= 15 is 0 Å². The SMILES string of the molecule is COCCOc1cc2c(c(CCN)c1C(N)=O)C(C)=C(C)C(C)(C)O2. The van der Waals surface area contributed by atoms with Crippen molar-refractivity contribution in [3.05, 3.63) is 28.3 Å².